The molecule has 0 radical (unpaired) electrons. The Morgan fingerprint density at radius 2 is 2.25 bits per heavy atom. The highest BCUT2D eigenvalue weighted by molar-refractivity contribution is 5.97. The Morgan fingerprint density at radius 1 is 1.50 bits per heavy atom. The molecule has 0 bridgehead atoms. The number of esters is 2. The number of ether oxygens (including phenoxy) is 2. The molecule has 0 aromatic heterocycles. The summed E-state index contributed by atoms with van der Waals surface area (Å²) < 4.78 is 9.99. The zero-order valence-electron chi connectivity index (χ0n) is 9.20. The minimum absolute atomic E-state index is 0.224. The molecular weight excluding hydrogens is 208 g/mol. The van der Waals surface area contributed by atoms with Crippen LogP contribution in [0.2, 0.25) is 0 Å². The van der Waals surface area contributed by atoms with Crippen molar-refractivity contribution >= 4 is 11.9 Å². The van der Waals surface area contributed by atoms with E-state index in [0.717, 1.165) is 11.1 Å². The summed E-state index contributed by atoms with van der Waals surface area (Å²) in [7, 11) is 0. The minimum atomic E-state index is -0.438. The molecule has 1 aliphatic heterocycles. The smallest absolute Gasteiger partial charge is 0.342 e. The molecule has 1 aliphatic rings. The molecule has 1 heterocycles. The Kier molecular flexibility index (Phi) is 2.64. The van der Waals surface area contributed by atoms with Crippen LogP contribution in [0.3, 0.4) is 0 Å². The van der Waals surface area contributed by atoms with Crippen molar-refractivity contribution in [3.05, 3.63) is 28.8 Å². The Bertz CT molecular complexity index is 462. The van der Waals surface area contributed by atoms with Crippen LogP contribution in [-0.4, -0.2) is 18.5 Å². The molecule has 2 rings (SSSR count). The van der Waals surface area contributed by atoms with E-state index in [2.05, 4.69) is 0 Å². The normalized spacial score (nSPS) is 13.2. The predicted octanol–water partition coefficient (Wildman–Crippen LogP) is 1.63. The SMILES string of the molecule is CCOC(=O)c1c(C)ccc2c1OC(=O)C2. The van der Waals surface area contributed by atoms with Gasteiger partial charge in [0.15, 0.2) is 0 Å². The Morgan fingerprint density at radius 3 is 2.94 bits per heavy atom. The van der Waals surface area contributed by atoms with Crippen molar-refractivity contribution in [2.45, 2.75) is 20.3 Å². The average molecular weight is 220 g/mol. The van der Waals surface area contributed by atoms with Gasteiger partial charge >= 0.3 is 11.9 Å². The van der Waals surface area contributed by atoms with Gasteiger partial charge in [-0.1, -0.05) is 12.1 Å². The van der Waals surface area contributed by atoms with Gasteiger partial charge in [0.05, 0.1) is 13.0 Å². The first-order valence-corrected chi connectivity index (χ1v) is 5.13. The van der Waals surface area contributed by atoms with Crippen LogP contribution in [0.25, 0.3) is 0 Å². The molecule has 1 aromatic carbocycles. The van der Waals surface area contributed by atoms with Crippen LogP contribution in [0.4, 0.5) is 0 Å². The lowest BCUT2D eigenvalue weighted by molar-refractivity contribution is -0.131. The van der Waals surface area contributed by atoms with Gasteiger partial charge in [0.1, 0.15) is 11.3 Å². The summed E-state index contributed by atoms with van der Waals surface area (Å²) in [4.78, 5) is 22.9. The van der Waals surface area contributed by atoms with Gasteiger partial charge in [-0.25, -0.2) is 4.79 Å². The van der Waals surface area contributed by atoms with Crippen molar-refractivity contribution in [2.75, 3.05) is 6.61 Å². The van der Waals surface area contributed by atoms with Crippen LogP contribution in [-0.2, 0) is 16.0 Å². The van der Waals surface area contributed by atoms with Crippen molar-refractivity contribution in [1.29, 1.82) is 0 Å². The molecule has 4 nitrogen and oxygen atoms in total. The number of rotatable bonds is 2. The van der Waals surface area contributed by atoms with E-state index in [1.807, 2.05) is 0 Å². The maximum absolute atomic E-state index is 11.7. The minimum Gasteiger partial charge on any atom is -0.462 e. The number of carbonyl (C=O) groups excluding carboxylic acids is 2. The summed E-state index contributed by atoms with van der Waals surface area (Å²) in [5, 5.41) is 0. The van der Waals surface area contributed by atoms with Gasteiger partial charge in [-0.2, -0.15) is 0 Å². The van der Waals surface area contributed by atoms with E-state index in [-0.39, 0.29) is 12.4 Å². The second-order valence-corrected chi connectivity index (χ2v) is 3.62. The van der Waals surface area contributed by atoms with E-state index in [1.54, 1.807) is 26.0 Å². The number of carbonyl (C=O) groups is 2. The molecule has 0 spiro atoms. The summed E-state index contributed by atoms with van der Waals surface area (Å²) in [5.74, 6) is -0.402. The number of hydrogen-bond donors (Lipinski definition) is 0. The highest BCUT2D eigenvalue weighted by Crippen LogP contribution is 2.32. The Labute approximate surface area is 93.2 Å². The number of fused-ring (bicyclic) bond motifs is 1. The molecular formula is C12H12O4. The Balaban J connectivity index is 2.49. The zero-order valence-corrected chi connectivity index (χ0v) is 9.20. The van der Waals surface area contributed by atoms with Crippen molar-refractivity contribution < 1.29 is 19.1 Å². The third-order valence-electron chi connectivity index (χ3n) is 2.48. The van der Waals surface area contributed by atoms with Gasteiger partial charge in [0, 0.05) is 5.56 Å². The van der Waals surface area contributed by atoms with Gasteiger partial charge < -0.3 is 9.47 Å². The van der Waals surface area contributed by atoms with E-state index in [4.69, 9.17) is 9.47 Å². The zero-order chi connectivity index (χ0) is 11.7. The summed E-state index contributed by atoms with van der Waals surface area (Å²) in [6.45, 7) is 3.83. The van der Waals surface area contributed by atoms with Gasteiger partial charge in [-0.3, -0.25) is 4.79 Å². The molecule has 16 heavy (non-hydrogen) atoms. The number of hydrogen-bond acceptors (Lipinski definition) is 4. The molecule has 4 heteroatoms. The first kappa shape index (κ1) is 10.7. The number of aryl methyl sites for hydroxylation is 1. The monoisotopic (exact) mass is 220 g/mol. The molecule has 0 saturated heterocycles. The van der Waals surface area contributed by atoms with Crippen LogP contribution >= 0.6 is 0 Å². The lowest BCUT2D eigenvalue weighted by atomic mass is 10.0. The molecule has 0 fully saturated rings. The molecule has 0 atom stereocenters. The van der Waals surface area contributed by atoms with Crippen molar-refractivity contribution in [3.63, 3.8) is 0 Å². The van der Waals surface area contributed by atoms with Gasteiger partial charge in [-0.05, 0) is 19.4 Å². The number of benzene rings is 1. The maximum Gasteiger partial charge on any atom is 0.342 e. The van der Waals surface area contributed by atoms with Gasteiger partial charge in [0.2, 0.25) is 0 Å². The summed E-state index contributed by atoms with van der Waals surface area (Å²) in [6.07, 6.45) is 0.224. The van der Waals surface area contributed by atoms with Crippen molar-refractivity contribution in [1.82, 2.24) is 0 Å². The van der Waals surface area contributed by atoms with Crippen molar-refractivity contribution in [2.24, 2.45) is 0 Å². The first-order chi connectivity index (χ1) is 7.63. The Hall–Kier alpha value is -1.84. The van der Waals surface area contributed by atoms with Gasteiger partial charge in [0.25, 0.3) is 0 Å². The second-order valence-electron chi connectivity index (χ2n) is 3.62. The fraction of sp³-hybridized carbons (Fsp3) is 0.333. The van der Waals surface area contributed by atoms with Crippen molar-refractivity contribution in [3.8, 4) is 5.75 Å². The van der Waals surface area contributed by atoms with Crippen LogP contribution in [0.1, 0.15) is 28.4 Å². The molecule has 0 saturated carbocycles. The fourth-order valence-electron chi connectivity index (χ4n) is 1.74. The summed E-state index contributed by atoms with van der Waals surface area (Å²) >= 11 is 0. The van der Waals surface area contributed by atoms with E-state index < -0.39 is 5.97 Å². The lowest BCUT2D eigenvalue weighted by Gasteiger charge is -2.09. The van der Waals surface area contributed by atoms with Crippen LogP contribution in [0.5, 0.6) is 5.75 Å². The molecule has 0 unspecified atom stereocenters. The lowest BCUT2D eigenvalue weighted by Crippen LogP contribution is -2.09. The average Bonchev–Trinajstić information content (AvgIpc) is 2.58. The fourth-order valence-corrected chi connectivity index (χ4v) is 1.74. The molecule has 0 amide bonds. The van der Waals surface area contributed by atoms with E-state index >= 15 is 0 Å². The largest absolute Gasteiger partial charge is 0.462 e. The molecule has 0 N–H and O–H groups in total. The molecule has 1 aromatic rings. The standard InChI is InChI=1S/C12H12O4/c1-3-15-12(14)10-7(2)4-5-8-6-9(13)16-11(8)10/h4-5H,3,6H2,1-2H3. The van der Waals surface area contributed by atoms with E-state index in [1.165, 1.54) is 0 Å². The quantitative estimate of drug-likeness (QED) is 0.561. The van der Waals surface area contributed by atoms with Gasteiger partial charge in [-0.15, -0.1) is 0 Å². The van der Waals surface area contributed by atoms with E-state index in [0.29, 0.717) is 17.9 Å². The first-order valence-electron chi connectivity index (χ1n) is 5.13. The highest BCUT2D eigenvalue weighted by Gasteiger charge is 2.28. The third kappa shape index (κ3) is 1.66. The highest BCUT2D eigenvalue weighted by atomic mass is 16.6. The van der Waals surface area contributed by atoms with Crippen LogP contribution < -0.4 is 4.74 Å². The molecule has 84 valence electrons. The summed E-state index contributed by atoms with van der Waals surface area (Å²) in [5.41, 5.74) is 1.87. The molecule has 0 aliphatic carbocycles. The van der Waals surface area contributed by atoms with Crippen LogP contribution in [0.15, 0.2) is 12.1 Å². The van der Waals surface area contributed by atoms with E-state index in [9.17, 15) is 9.59 Å². The summed E-state index contributed by atoms with van der Waals surface area (Å²) in [6, 6.07) is 3.60. The topological polar surface area (TPSA) is 52.6 Å². The van der Waals surface area contributed by atoms with Crippen LogP contribution in [0, 0.1) is 6.92 Å². The third-order valence-corrected chi connectivity index (χ3v) is 2.48. The maximum atomic E-state index is 11.7. The predicted molar refractivity (Wildman–Crippen MR) is 56.5 cm³/mol. The second kappa shape index (κ2) is 3.96.